The maximum absolute atomic E-state index is 14.9. The molecule has 34 heavy (non-hydrogen) atoms. The summed E-state index contributed by atoms with van der Waals surface area (Å²) >= 11 is 1.27. The van der Waals surface area contributed by atoms with Crippen LogP contribution in [0.1, 0.15) is 49.6 Å². The van der Waals surface area contributed by atoms with Gasteiger partial charge in [-0.3, -0.25) is 10.1 Å². The Labute approximate surface area is 201 Å². The first-order chi connectivity index (χ1) is 16.4. The normalized spacial score (nSPS) is 14.1. The molecule has 3 aromatic rings. The van der Waals surface area contributed by atoms with E-state index in [9.17, 15) is 8.78 Å². The van der Waals surface area contributed by atoms with Crippen molar-refractivity contribution in [1.82, 2.24) is 20.2 Å². The second kappa shape index (κ2) is 9.92. The Balaban J connectivity index is 1.90. The van der Waals surface area contributed by atoms with Gasteiger partial charge in [0.05, 0.1) is 11.4 Å². The molecule has 0 unspecified atom stereocenters. The van der Waals surface area contributed by atoms with Crippen molar-refractivity contribution in [1.29, 1.82) is 0 Å². The smallest absolute Gasteiger partial charge is 0.232 e. The molecule has 2 N–H and O–H groups in total. The number of H-pyrrole nitrogens is 1. The number of benzene rings is 1. The number of rotatable bonds is 8. The van der Waals surface area contributed by atoms with Crippen molar-refractivity contribution in [2.45, 2.75) is 44.4 Å². The number of aromatic amines is 1. The number of allylic oxidation sites excluding steroid dienone is 1. The monoisotopic (exact) mass is 483 g/mol. The third-order valence-corrected chi connectivity index (χ3v) is 6.22. The Morgan fingerprint density at radius 1 is 1.21 bits per heavy atom. The number of anilines is 4. The standard InChI is InChI=1S/C24H27F2N7S/c1-6-18(27-7-2)21-20(14-8-9-14)23(28-19-10-13(3)31-32-19)30-24(29-21)33(4)22-16(25)11-15(34-5)12-17(22)26/h6-7,10-12,14H,8-9H2,1-5H3,(H2,28,29,30,31,32)/b18-6-,27-7?. The summed E-state index contributed by atoms with van der Waals surface area (Å²) in [6, 6.07) is 4.48. The number of hydrogen-bond donors (Lipinski definition) is 2. The first kappa shape index (κ1) is 23.9. The summed E-state index contributed by atoms with van der Waals surface area (Å²) in [6.45, 7) is 5.62. The zero-order valence-corrected chi connectivity index (χ0v) is 20.6. The number of thioether (sulfide) groups is 1. The van der Waals surface area contributed by atoms with Gasteiger partial charge in [0.15, 0.2) is 17.5 Å². The molecule has 1 aliphatic carbocycles. The van der Waals surface area contributed by atoms with Crippen molar-refractivity contribution in [3.05, 3.63) is 52.9 Å². The SMILES string of the molecule is CC=N/C(=C\C)c1nc(N(C)c2c(F)cc(SC)cc2F)nc(Nc2cc(C)[nH]n2)c1C1CC1. The molecule has 4 rings (SSSR count). The molecule has 1 fully saturated rings. The van der Waals surface area contributed by atoms with Crippen LogP contribution < -0.4 is 10.2 Å². The van der Waals surface area contributed by atoms with Crippen molar-refractivity contribution in [3.63, 3.8) is 0 Å². The van der Waals surface area contributed by atoms with Gasteiger partial charge in [-0.15, -0.1) is 11.8 Å². The molecule has 1 saturated carbocycles. The molecule has 178 valence electrons. The largest absolute Gasteiger partial charge is 0.323 e. The van der Waals surface area contributed by atoms with Crippen molar-refractivity contribution >= 4 is 46.9 Å². The van der Waals surface area contributed by atoms with E-state index in [4.69, 9.17) is 9.97 Å². The third-order valence-electron chi connectivity index (χ3n) is 5.52. The van der Waals surface area contributed by atoms with Gasteiger partial charge in [0.25, 0.3) is 0 Å². The fraction of sp³-hybridized carbons (Fsp3) is 0.333. The lowest BCUT2D eigenvalue weighted by Gasteiger charge is -2.22. The zero-order chi connectivity index (χ0) is 24.4. The minimum Gasteiger partial charge on any atom is -0.323 e. The maximum Gasteiger partial charge on any atom is 0.232 e. The summed E-state index contributed by atoms with van der Waals surface area (Å²) in [5, 5.41) is 10.5. The van der Waals surface area contributed by atoms with Gasteiger partial charge in [0, 0.05) is 35.5 Å². The lowest BCUT2D eigenvalue weighted by molar-refractivity contribution is 0.577. The van der Waals surface area contributed by atoms with Crippen LogP contribution in [0, 0.1) is 18.6 Å². The highest BCUT2D eigenvalue weighted by atomic mass is 32.2. The Bertz CT molecular complexity index is 1240. The van der Waals surface area contributed by atoms with Gasteiger partial charge < -0.3 is 10.2 Å². The molecule has 0 radical (unpaired) electrons. The topological polar surface area (TPSA) is 82.1 Å². The van der Waals surface area contributed by atoms with E-state index >= 15 is 0 Å². The van der Waals surface area contributed by atoms with Crippen molar-refractivity contribution in [2.24, 2.45) is 4.99 Å². The number of aromatic nitrogens is 4. The van der Waals surface area contributed by atoms with E-state index in [1.807, 2.05) is 32.9 Å². The van der Waals surface area contributed by atoms with Gasteiger partial charge >= 0.3 is 0 Å². The molecule has 10 heteroatoms. The summed E-state index contributed by atoms with van der Waals surface area (Å²) in [6.07, 6.45) is 7.35. The molecule has 0 saturated heterocycles. The van der Waals surface area contributed by atoms with Gasteiger partial charge in [-0.05, 0) is 57.9 Å². The Hall–Kier alpha value is -3.27. The molecule has 0 atom stereocenters. The summed E-state index contributed by atoms with van der Waals surface area (Å²) < 4.78 is 29.9. The molecule has 0 bridgehead atoms. The molecule has 2 aromatic heterocycles. The molecule has 1 aromatic carbocycles. The molecule has 1 aliphatic rings. The fourth-order valence-electron chi connectivity index (χ4n) is 3.75. The van der Waals surface area contributed by atoms with E-state index in [1.165, 1.54) is 28.8 Å². The second-order valence-electron chi connectivity index (χ2n) is 8.03. The van der Waals surface area contributed by atoms with Gasteiger partial charge in [-0.25, -0.2) is 13.8 Å². The van der Waals surface area contributed by atoms with Crippen LogP contribution in [0.4, 0.5) is 32.1 Å². The summed E-state index contributed by atoms with van der Waals surface area (Å²) in [5.74, 6) is 0.202. The predicted octanol–water partition coefficient (Wildman–Crippen LogP) is 6.35. The molecule has 7 nitrogen and oxygen atoms in total. The summed E-state index contributed by atoms with van der Waals surface area (Å²) in [7, 11) is 1.55. The quantitative estimate of drug-likeness (QED) is 0.287. The molecular formula is C24H27F2N7S. The average Bonchev–Trinajstić information content (AvgIpc) is 3.57. The van der Waals surface area contributed by atoms with E-state index < -0.39 is 11.6 Å². The van der Waals surface area contributed by atoms with Crippen LogP contribution in [0.3, 0.4) is 0 Å². The van der Waals surface area contributed by atoms with Crippen LogP contribution in [-0.2, 0) is 0 Å². The number of nitrogens with one attached hydrogen (secondary N) is 2. The third kappa shape index (κ3) is 4.82. The first-order valence-electron chi connectivity index (χ1n) is 11.0. The molecular weight excluding hydrogens is 456 g/mol. The predicted molar refractivity (Wildman–Crippen MR) is 135 cm³/mol. The number of aryl methyl sites for hydroxylation is 1. The van der Waals surface area contributed by atoms with Gasteiger partial charge in [0.1, 0.15) is 11.5 Å². The molecule has 0 amide bonds. The van der Waals surface area contributed by atoms with E-state index in [0.29, 0.717) is 27.9 Å². The van der Waals surface area contributed by atoms with E-state index in [2.05, 4.69) is 20.5 Å². The highest BCUT2D eigenvalue weighted by molar-refractivity contribution is 7.98. The van der Waals surface area contributed by atoms with E-state index in [-0.39, 0.29) is 17.6 Å². The minimum atomic E-state index is -0.682. The molecule has 0 spiro atoms. The van der Waals surface area contributed by atoms with Crippen LogP contribution >= 0.6 is 11.8 Å². The second-order valence-corrected chi connectivity index (χ2v) is 8.91. The lowest BCUT2D eigenvalue weighted by atomic mass is 10.1. The average molecular weight is 484 g/mol. The minimum absolute atomic E-state index is 0.148. The van der Waals surface area contributed by atoms with Gasteiger partial charge in [-0.2, -0.15) is 10.1 Å². The number of nitrogens with zero attached hydrogens (tertiary/aromatic N) is 5. The van der Waals surface area contributed by atoms with Crippen LogP contribution in [0.2, 0.25) is 0 Å². The molecule has 0 aliphatic heterocycles. The zero-order valence-electron chi connectivity index (χ0n) is 19.8. The highest BCUT2D eigenvalue weighted by Gasteiger charge is 2.33. The lowest BCUT2D eigenvalue weighted by Crippen LogP contribution is -2.19. The van der Waals surface area contributed by atoms with Gasteiger partial charge in [0.2, 0.25) is 5.95 Å². The van der Waals surface area contributed by atoms with Crippen LogP contribution in [0.15, 0.2) is 34.2 Å². The van der Waals surface area contributed by atoms with Crippen LogP contribution in [-0.4, -0.2) is 39.7 Å². The van der Waals surface area contributed by atoms with Crippen molar-refractivity contribution in [3.8, 4) is 0 Å². The number of aliphatic imine (C=N–C) groups is 1. The van der Waals surface area contributed by atoms with Gasteiger partial charge in [-0.1, -0.05) is 6.08 Å². The Morgan fingerprint density at radius 2 is 1.91 bits per heavy atom. The van der Waals surface area contributed by atoms with Crippen molar-refractivity contribution < 1.29 is 8.78 Å². The van der Waals surface area contributed by atoms with E-state index in [1.54, 1.807) is 19.5 Å². The highest BCUT2D eigenvalue weighted by Crippen LogP contribution is 2.47. The van der Waals surface area contributed by atoms with Crippen LogP contribution in [0.25, 0.3) is 5.70 Å². The van der Waals surface area contributed by atoms with Crippen molar-refractivity contribution in [2.75, 3.05) is 23.5 Å². The number of hydrogen-bond acceptors (Lipinski definition) is 7. The number of halogens is 2. The Morgan fingerprint density at radius 3 is 2.44 bits per heavy atom. The van der Waals surface area contributed by atoms with Crippen LogP contribution in [0.5, 0.6) is 0 Å². The maximum atomic E-state index is 14.9. The fourth-order valence-corrected chi connectivity index (χ4v) is 4.19. The summed E-state index contributed by atoms with van der Waals surface area (Å²) in [5.41, 5.74) is 2.91. The Kier molecular flexibility index (Phi) is 6.97. The van der Waals surface area contributed by atoms with E-state index in [0.717, 1.165) is 24.1 Å². The molecule has 2 heterocycles. The first-order valence-corrected chi connectivity index (χ1v) is 12.2. The summed E-state index contributed by atoms with van der Waals surface area (Å²) in [4.78, 5) is 15.8.